The maximum atomic E-state index is 12.6. The molecule has 4 N–H and O–H groups in total. The molecule has 0 fully saturated rings. The highest BCUT2D eigenvalue weighted by Gasteiger charge is 2.35. The van der Waals surface area contributed by atoms with Crippen LogP contribution in [0.2, 0.25) is 10.3 Å². The first-order chi connectivity index (χ1) is 24.4. The second kappa shape index (κ2) is 14.9. The van der Waals surface area contributed by atoms with Crippen molar-refractivity contribution in [1.29, 1.82) is 0 Å². The van der Waals surface area contributed by atoms with Crippen molar-refractivity contribution >= 4 is 46.7 Å². The highest BCUT2D eigenvalue weighted by molar-refractivity contribution is 6.30. The van der Waals surface area contributed by atoms with Gasteiger partial charge in [0.15, 0.2) is 0 Å². The van der Waals surface area contributed by atoms with Gasteiger partial charge in [0, 0.05) is 17.7 Å². The van der Waals surface area contributed by atoms with Gasteiger partial charge in [-0.25, -0.2) is 19.9 Å². The van der Waals surface area contributed by atoms with Gasteiger partial charge in [-0.15, -0.1) is 0 Å². The number of aromatic nitrogens is 4. The van der Waals surface area contributed by atoms with Crippen LogP contribution >= 0.6 is 23.2 Å². The summed E-state index contributed by atoms with van der Waals surface area (Å²) in [4.78, 5) is 43.4. The normalized spacial score (nSPS) is 17.1. The summed E-state index contributed by atoms with van der Waals surface area (Å²) in [5.41, 5.74) is 13.5. The van der Waals surface area contributed by atoms with Gasteiger partial charge in [-0.2, -0.15) is 0 Å². The molecular weight excluding hydrogens is 671 g/mol. The standard InChI is InChI=1S/C23H19ClN4O2.C15H17ClN4/c24-20-18(11-12-28-22(29)16-7-3-4-8-17(16)23(28)30)21(26-13-25-20)27-19-10-9-14-5-1-2-6-15(14)19;16-14-12(7-8-17)15(19-9-18-14)20-13-6-5-10-3-1-2-4-11(10)13/h1-8,13,19H,9-12H2,(H,25,26,27);1-4,9,13H,5-8,17H2,(H,18,19,20)/t19-;13-/m00/s1. The highest BCUT2D eigenvalue weighted by atomic mass is 35.5. The van der Waals surface area contributed by atoms with Gasteiger partial charge in [-0.1, -0.05) is 83.9 Å². The number of anilines is 2. The first-order valence-corrected chi connectivity index (χ1v) is 17.5. The minimum Gasteiger partial charge on any atom is -0.363 e. The second-order valence-corrected chi connectivity index (χ2v) is 13.2. The Bertz CT molecular complexity index is 2020. The number of hydrogen-bond acceptors (Lipinski definition) is 9. The first kappa shape index (κ1) is 33.6. The molecule has 5 aromatic rings. The van der Waals surface area contributed by atoms with Crippen LogP contribution in [-0.4, -0.2) is 49.7 Å². The molecule has 254 valence electrons. The number of benzene rings is 3. The van der Waals surface area contributed by atoms with E-state index in [1.165, 1.54) is 39.8 Å². The first-order valence-electron chi connectivity index (χ1n) is 16.8. The molecule has 0 spiro atoms. The van der Waals surface area contributed by atoms with E-state index in [-0.39, 0.29) is 30.4 Å². The molecule has 12 heteroatoms. The second-order valence-electron chi connectivity index (χ2n) is 12.4. The van der Waals surface area contributed by atoms with E-state index in [2.05, 4.69) is 73.0 Å². The van der Waals surface area contributed by atoms with E-state index in [9.17, 15) is 9.59 Å². The number of amides is 2. The maximum Gasteiger partial charge on any atom is 0.261 e. The third-order valence-electron chi connectivity index (χ3n) is 9.53. The lowest BCUT2D eigenvalue weighted by Gasteiger charge is -2.19. The predicted molar refractivity (Wildman–Crippen MR) is 195 cm³/mol. The van der Waals surface area contributed by atoms with Crippen LogP contribution in [0.5, 0.6) is 0 Å². The highest BCUT2D eigenvalue weighted by Crippen LogP contribution is 2.36. The molecule has 2 aliphatic carbocycles. The van der Waals surface area contributed by atoms with E-state index < -0.39 is 0 Å². The van der Waals surface area contributed by atoms with Gasteiger partial charge in [-0.3, -0.25) is 14.5 Å². The lowest BCUT2D eigenvalue weighted by molar-refractivity contribution is 0.0656. The zero-order valence-corrected chi connectivity index (χ0v) is 28.8. The van der Waals surface area contributed by atoms with Gasteiger partial charge in [0.1, 0.15) is 34.6 Å². The summed E-state index contributed by atoms with van der Waals surface area (Å²) in [6.07, 6.45) is 8.12. The minimum atomic E-state index is -0.275. The van der Waals surface area contributed by atoms with Gasteiger partial charge < -0.3 is 16.4 Å². The predicted octanol–water partition coefficient (Wildman–Crippen LogP) is 6.80. The van der Waals surface area contributed by atoms with Crippen LogP contribution < -0.4 is 16.4 Å². The third kappa shape index (κ3) is 6.79. The third-order valence-corrected chi connectivity index (χ3v) is 10.2. The summed E-state index contributed by atoms with van der Waals surface area (Å²) in [7, 11) is 0. The van der Waals surface area contributed by atoms with Crippen LogP contribution in [0, 0.1) is 0 Å². The van der Waals surface area contributed by atoms with E-state index in [0.29, 0.717) is 52.2 Å². The Morgan fingerprint density at radius 2 is 1.12 bits per heavy atom. The Kier molecular flexibility index (Phi) is 10.0. The van der Waals surface area contributed by atoms with Gasteiger partial charge in [0.05, 0.1) is 23.2 Å². The number of carbonyl (C=O) groups excluding carboxylic acids is 2. The zero-order chi connectivity index (χ0) is 34.6. The molecule has 0 bridgehead atoms. The van der Waals surface area contributed by atoms with Crippen molar-refractivity contribution in [2.45, 2.75) is 50.6 Å². The summed E-state index contributed by atoms with van der Waals surface area (Å²) < 4.78 is 0. The number of nitrogens with one attached hydrogen (secondary N) is 2. The summed E-state index contributed by atoms with van der Waals surface area (Å²) in [6.45, 7) is 0.748. The molecule has 1 aliphatic heterocycles. The smallest absolute Gasteiger partial charge is 0.261 e. The topological polar surface area (TPSA) is 139 Å². The molecule has 10 nitrogen and oxygen atoms in total. The number of halogens is 2. The molecule has 50 heavy (non-hydrogen) atoms. The van der Waals surface area contributed by atoms with Crippen molar-refractivity contribution in [1.82, 2.24) is 24.8 Å². The molecule has 2 atom stereocenters. The molecule has 3 aliphatic rings. The van der Waals surface area contributed by atoms with Crippen molar-refractivity contribution in [3.63, 3.8) is 0 Å². The molecule has 2 aromatic heterocycles. The quantitative estimate of drug-likeness (QED) is 0.112. The van der Waals surface area contributed by atoms with E-state index in [0.717, 1.165) is 37.1 Å². The SMILES string of the molecule is NCCc1c(Cl)ncnc1N[C@H]1CCc2ccccc21.O=C1c2ccccc2C(=O)N1CCc1c(Cl)ncnc1N[C@H]1CCc2ccccc21. The zero-order valence-electron chi connectivity index (χ0n) is 27.3. The van der Waals surface area contributed by atoms with Crippen LogP contribution in [0.15, 0.2) is 85.5 Å². The van der Waals surface area contributed by atoms with Crippen molar-refractivity contribution in [2.75, 3.05) is 23.7 Å². The fourth-order valence-electron chi connectivity index (χ4n) is 7.03. The fraction of sp³-hybridized carbons (Fsp3) is 0.263. The van der Waals surface area contributed by atoms with Crippen molar-refractivity contribution in [3.05, 3.63) is 140 Å². The number of carbonyl (C=O) groups is 2. The molecule has 8 rings (SSSR count). The monoisotopic (exact) mass is 706 g/mol. The molecule has 3 aromatic carbocycles. The molecule has 0 saturated heterocycles. The van der Waals surface area contributed by atoms with Gasteiger partial charge in [-0.05, 0) is 79.5 Å². The number of imide groups is 1. The van der Waals surface area contributed by atoms with Crippen LogP contribution in [0.4, 0.5) is 11.6 Å². The van der Waals surface area contributed by atoms with Crippen molar-refractivity contribution < 1.29 is 9.59 Å². The average Bonchev–Trinajstić information content (AvgIpc) is 3.81. The van der Waals surface area contributed by atoms with Crippen LogP contribution in [-0.2, 0) is 25.7 Å². The van der Waals surface area contributed by atoms with Crippen molar-refractivity contribution in [2.24, 2.45) is 5.73 Å². The van der Waals surface area contributed by atoms with Crippen LogP contribution in [0.1, 0.15) is 79.0 Å². The molecular formula is C38H36Cl2N8O2. The summed E-state index contributed by atoms with van der Waals surface area (Å²) in [6, 6.07) is 24.2. The van der Waals surface area contributed by atoms with E-state index in [4.69, 9.17) is 28.9 Å². The lowest BCUT2D eigenvalue weighted by Crippen LogP contribution is -2.32. The van der Waals surface area contributed by atoms with Crippen LogP contribution in [0.3, 0.4) is 0 Å². The Morgan fingerprint density at radius 3 is 1.62 bits per heavy atom. The number of hydrogen-bond donors (Lipinski definition) is 3. The number of rotatable bonds is 9. The molecule has 0 radical (unpaired) electrons. The summed E-state index contributed by atoms with van der Waals surface area (Å²) in [5.74, 6) is 0.899. The van der Waals surface area contributed by atoms with Crippen LogP contribution in [0.25, 0.3) is 0 Å². The largest absolute Gasteiger partial charge is 0.363 e. The number of nitrogens with two attached hydrogens (primary N) is 1. The van der Waals surface area contributed by atoms with E-state index >= 15 is 0 Å². The van der Waals surface area contributed by atoms with Gasteiger partial charge in [0.2, 0.25) is 0 Å². The average molecular weight is 708 g/mol. The summed E-state index contributed by atoms with van der Waals surface area (Å²) in [5, 5.41) is 7.81. The fourth-order valence-corrected chi connectivity index (χ4v) is 7.48. The Morgan fingerprint density at radius 1 is 0.660 bits per heavy atom. The Hall–Kier alpha value is -4.90. The molecule has 3 heterocycles. The number of aryl methyl sites for hydroxylation is 2. The maximum absolute atomic E-state index is 12.6. The van der Waals surface area contributed by atoms with Gasteiger partial charge >= 0.3 is 0 Å². The summed E-state index contributed by atoms with van der Waals surface area (Å²) >= 11 is 12.5. The Balaban J connectivity index is 0.000000170. The van der Waals surface area contributed by atoms with Crippen molar-refractivity contribution in [3.8, 4) is 0 Å². The molecule has 0 saturated carbocycles. The Labute approximate surface area is 300 Å². The van der Waals surface area contributed by atoms with E-state index in [1.54, 1.807) is 24.3 Å². The number of nitrogens with zero attached hydrogens (tertiary/aromatic N) is 5. The lowest BCUT2D eigenvalue weighted by atomic mass is 10.1. The molecule has 0 unspecified atom stereocenters. The van der Waals surface area contributed by atoms with E-state index in [1.807, 2.05) is 6.07 Å². The number of fused-ring (bicyclic) bond motifs is 3. The minimum absolute atomic E-state index is 0.144. The molecule has 2 amide bonds. The van der Waals surface area contributed by atoms with Gasteiger partial charge in [0.25, 0.3) is 11.8 Å².